The molecule has 2 aromatic rings. The highest BCUT2D eigenvalue weighted by Gasteiger charge is 2.19. The summed E-state index contributed by atoms with van der Waals surface area (Å²) in [5.41, 5.74) is 1.23. The lowest BCUT2D eigenvalue weighted by molar-refractivity contribution is -0.121. The minimum absolute atomic E-state index is 0.189. The summed E-state index contributed by atoms with van der Waals surface area (Å²) in [7, 11) is 1.47. The molecule has 22 heavy (non-hydrogen) atoms. The number of nitrogens with one attached hydrogen (secondary N) is 2. The first-order valence-electron chi connectivity index (χ1n) is 6.72. The Balaban J connectivity index is 2.12. The maximum Gasteiger partial charge on any atom is 0.225 e. The van der Waals surface area contributed by atoms with Crippen LogP contribution in [0.1, 0.15) is 29.1 Å². The van der Waals surface area contributed by atoms with Gasteiger partial charge in [-0.15, -0.1) is 11.3 Å². The van der Waals surface area contributed by atoms with E-state index in [1.165, 1.54) is 24.5 Å². The first kappa shape index (κ1) is 16.6. The summed E-state index contributed by atoms with van der Waals surface area (Å²) in [4.78, 5) is 16.0. The normalized spacial score (nSPS) is 12.0. The standard InChI is InChI=1S/C15H17FN2O2S2/c1-8-12(22-15(21)18-8)7-13(19)17-9(2)14-10(16)5-4-6-11(14)20-3/h4-6,9H,7H2,1-3H3,(H,17,19)(H,18,21)/t9-/m0/s1. The quantitative estimate of drug-likeness (QED) is 0.817. The van der Waals surface area contributed by atoms with Gasteiger partial charge in [0.1, 0.15) is 11.6 Å². The third kappa shape index (κ3) is 3.72. The Labute approximate surface area is 137 Å². The van der Waals surface area contributed by atoms with E-state index in [2.05, 4.69) is 10.3 Å². The van der Waals surface area contributed by atoms with Crippen LogP contribution < -0.4 is 10.1 Å². The molecule has 2 N–H and O–H groups in total. The van der Waals surface area contributed by atoms with Crippen molar-refractivity contribution in [3.8, 4) is 5.75 Å². The number of methoxy groups -OCH3 is 1. The number of thiazole rings is 1. The Morgan fingerprint density at radius 3 is 2.86 bits per heavy atom. The highest BCUT2D eigenvalue weighted by Crippen LogP contribution is 2.27. The Kier molecular flexibility index (Phi) is 5.31. The van der Waals surface area contributed by atoms with E-state index < -0.39 is 11.9 Å². The number of aromatic nitrogens is 1. The third-order valence-corrected chi connectivity index (χ3v) is 4.62. The topological polar surface area (TPSA) is 54.1 Å². The fourth-order valence-electron chi connectivity index (χ4n) is 2.23. The van der Waals surface area contributed by atoms with E-state index in [1.807, 2.05) is 6.92 Å². The van der Waals surface area contributed by atoms with Gasteiger partial charge >= 0.3 is 0 Å². The molecular weight excluding hydrogens is 323 g/mol. The molecular formula is C15H17FN2O2S2. The molecule has 4 nitrogen and oxygen atoms in total. The summed E-state index contributed by atoms with van der Waals surface area (Å²) in [6.07, 6.45) is 0.213. The summed E-state index contributed by atoms with van der Waals surface area (Å²) in [5.74, 6) is -0.173. The van der Waals surface area contributed by atoms with Gasteiger partial charge in [0.25, 0.3) is 0 Å². The minimum Gasteiger partial charge on any atom is -0.496 e. The van der Waals surface area contributed by atoms with Crippen LogP contribution in [0.2, 0.25) is 0 Å². The molecule has 0 radical (unpaired) electrons. The van der Waals surface area contributed by atoms with Gasteiger partial charge in [0, 0.05) is 10.6 Å². The van der Waals surface area contributed by atoms with Crippen molar-refractivity contribution in [1.82, 2.24) is 10.3 Å². The second-order valence-electron chi connectivity index (χ2n) is 4.88. The highest BCUT2D eigenvalue weighted by molar-refractivity contribution is 7.73. The number of benzene rings is 1. The van der Waals surface area contributed by atoms with Crippen molar-refractivity contribution in [2.45, 2.75) is 26.3 Å². The number of aryl methyl sites for hydroxylation is 1. The van der Waals surface area contributed by atoms with Crippen molar-refractivity contribution in [1.29, 1.82) is 0 Å². The first-order valence-corrected chi connectivity index (χ1v) is 7.95. The first-order chi connectivity index (χ1) is 10.4. The van der Waals surface area contributed by atoms with Crippen LogP contribution in [0.5, 0.6) is 5.75 Å². The van der Waals surface area contributed by atoms with E-state index in [0.717, 1.165) is 10.6 Å². The molecule has 0 aliphatic heterocycles. The van der Waals surface area contributed by atoms with Gasteiger partial charge < -0.3 is 15.0 Å². The summed E-state index contributed by atoms with van der Waals surface area (Å²) in [6, 6.07) is 4.10. The Morgan fingerprint density at radius 1 is 1.55 bits per heavy atom. The SMILES string of the molecule is COc1cccc(F)c1[C@H](C)NC(=O)Cc1sc(=S)[nH]c1C. The van der Waals surface area contributed by atoms with Crippen molar-refractivity contribution in [3.63, 3.8) is 0 Å². The molecule has 0 bridgehead atoms. The van der Waals surface area contributed by atoms with Crippen molar-refractivity contribution in [3.05, 3.63) is 44.1 Å². The van der Waals surface area contributed by atoms with E-state index in [-0.39, 0.29) is 12.3 Å². The molecule has 1 aromatic carbocycles. The molecule has 0 unspecified atom stereocenters. The van der Waals surface area contributed by atoms with Crippen LogP contribution in [-0.2, 0) is 11.2 Å². The smallest absolute Gasteiger partial charge is 0.225 e. The van der Waals surface area contributed by atoms with Crippen LogP contribution >= 0.6 is 23.6 Å². The molecule has 0 spiro atoms. The van der Waals surface area contributed by atoms with Crippen LogP contribution in [0.4, 0.5) is 4.39 Å². The number of carbonyl (C=O) groups is 1. The lowest BCUT2D eigenvalue weighted by Crippen LogP contribution is -2.28. The largest absolute Gasteiger partial charge is 0.496 e. The summed E-state index contributed by atoms with van der Waals surface area (Å²) < 4.78 is 19.8. The van der Waals surface area contributed by atoms with Gasteiger partial charge in [0.2, 0.25) is 5.91 Å². The highest BCUT2D eigenvalue weighted by atomic mass is 32.1. The van der Waals surface area contributed by atoms with Gasteiger partial charge in [0.05, 0.1) is 25.1 Å². The monoisotopic (exact) mass is 340 g/mol. The minimum atomic E-state index is -0.490. The zero-order valence-corrected chi connectivity index (χ0v) is 14.2. The average molecular weight is 340 g/mol. The van der Waals surface area contributed by atoms with Crippen molar-refractivity contribution < 1.29 is 13.9 Å². The van der Waals surface area contributed by atoms with Gasteiger partial charge in [-0.3, -0.25) is 4.79 Å². The van der Waals surface area contributed by atoms with Crippen molar-refractivity contribution >= 4 is 29.5 Å². The second kappa shape index (κ2) is 7.02. The molecule has 0 aliphatic rings. The number of halogens is 1. The summed E-state index contributed by atoms with van der Waals surface area (Å²) in [6.45, 7) is 3.60. The summed E-state index contributed by atoms with van der Waals surface area (Å²) >= 11 is 6.43. The van der Waals surface area contributed by atoms with E-state index in [1.54, 1.807) is 19.1 Å². The zero-order chi connectivity index (χ0) is 16.3. The van der Waals surface area contributed by atoms with Gasteiger partial charge in [-0.1, -0.05) is 6.07 Å². The molecule has 7 heteroatoms. The van der Waals surface area contributed by atoms with Crippen molar-refractivity contribution in [2.24, 2.45) is 0 Å². The van der Waals surface area contributed by atoms with E-state index in [4.69, 9.17) is 17.0 Å². The van der Waals surface area contributed by atoms with Crippen molar-refractivity contribution in [2.75, 3.05) is 7.11 Å². The maximum atomic E-state index is 14.0. The molecule has 0 saturated carbocycles. The van der Waals surface area contributed by atoms with Crippen LogP contribution in [0.15, 0.2) is 18.2 Å². The molecule has 0 aliphatic carbocycles. The zero-order valence-electron chi connectivity index (χ0n) is 12.5. The predicted octanol–water partition coefficient (Wildman–Crippen LogP) is 3.68. The number of hydrogen-bond donors (Lipinski definition) is 2. The molecule has 1 amide bonds. The average Bonchev–Trinajstić information content (AvgIpc) is 2.75. The molecule has 0 fully saturated rings. The lowest BCUT2D eigenvalue weighted by atomic mass is 10.1. The predicted molar refractivity (Wildman–Crippen MR) is 87.5 cm³/mol. The molecule has 1 heterocycles. The second-order valence-corrected chi connectivity index (χ2v) is 6.66. The summed E-state index contributed by atoms with van der Waals surface area (Å²) in [5, 5.41) is 2.80. The number of hydrogen-bond acceptors (Lipinski definition) is 4. The number of H-pyrrole nitrogens is 1. The number of ether oxygens (including phenoxy) is 1. The molecule has 0 saturated heterocycles. The third-order valence-electron chi connectivity index (χ3n) is 3.29. The fourth-order valence-corrected chi connectivity index (χ4v) is 3.52. The van der Waals surface area contributed by atoms with Gasteiger partial charge in [-0.05, 0) is 38.2 Å². The number of rotatable bonds is 5. The number of amides is 1. The van der Waals surface area contributed by atoms with E-state index in [0.29, 0.717) is 15.3 Å². The molecule has 1 aromatic heterocycles. The van der Waals surface area contributed by atoms with E-state index >= 15 is 0 Å². The number of carbonyl (C=O) groups excluding carboxylic acids is 1. The van der Waals surface area contributed by atoms with Gasteiger partial charge in [-0.2, -0.15) is 0 Å². The fraction of sp³-hybridized carbons (Fsp3) is 0.333. The maximum absolute atomic E-state index is 14.0. The van der Waals surface area contributed by atoms with Gasteiger partial charge in [0.15, 0.2) is 3.95 Å². The van der Waals surface area contributed by atoms with Crippen LogP contribution in [-0.4, -0.2) is 18.0 Å². The molecule has 118 valence electrons. The Morgan fingerprint density at radius 2 is 2.27 bits per heavy atom. The van der Waals surface area contributed by atoms with Crippen LogP contribution in [0.3, 0.4) is 0 Å². The molecule has 1 atom stereocenters. The van der Waals surface area contributed by atoms with Crippen LogP contribution in [0.25, 0.3) is 0 Å². The Bertz CT molecular complexity index is 739. The lowest BCUT2D eigenvalue weighted by Gasteiger charge is -2.18. The van der Waals surface area contributed by atoms with Crippen LogP contribution in [0, 0.1) is 16.7 Å². The Hall–Kier alpha value is -1.73. The van der Waals surface area contributed by atoms with E-state index in [9.17, 15) is 9.18 Å². The molecule has 2 rings (SSSR count). The van der Waals surface area contributed by atoms with Gasteiger partial charge in [-0.25, -0.2) is 4.39 Å². The number of aromatic amines is 1.